The molecular formula is C10H19NO3. The third-order valence-electron chi connectivity index (χ3n) is 2.43. The molecule has 1 aliphatic rings. The first-order chi connectivity index (χ1) is 6.74. The molecule has 1 saturated heterocycles. The Morgan fingerprint density at radius 1 is 1.50 bits per heavy atom. The third kappa shape index (κ3) is 3.64. The fourth-order valence-corrected chi connectivity index (χ4v) is 1.24. The standard InChI is InChI=1S/C10H19NO3/c1-3-9(2)14-8-10(12)11-4-6-13-7-5-11/h9H,3-8H2,1-2H3. The molecule has 1 rings (SSSR count). The molecule has 0 spiro atoms. The van der Waals surface area contributed by atoms with E-state index in [-0.39, 0.29) is 18.6 Å². The summed E-state index contributed by atoms with van der Waals surface area (Å²) in [5.41, 5.74) is 0. The highest BCUT2D eigenvalue weighted by Crippen LogP contribution is 2.00. The molecule has 4 nitrogen and oxygen atoms in total. The number of hydrogen-bond donors (Lipinski definition) is 0. The van der Waals surface area contributed by atoms with Crippen molar-refractivity contribution in [1.82, 2.24) is 4.90 Å². The van der Waals surface area contributed by atoms with E-state index in [0.717, 1.165) is 6.42 Å². The van der Waals surface area contributed by atoms with Crippen molar-refractivity contribution >= 4 is 5.91 Å². The normalized spacial score (nSPS) is 19.4. The van der Waals surface area contributed by atoms with Gasteiger partial charge in [-0.05, 0) is 13.3 Å². The predicted octanol–water partition coefficient (Wildman–Crippen LogP) is 0.660. The molecule has 1 unspecified atom stereocenters. The zero-order valence-electron chi connectivity index (χ0n) is 8.99. The van der Waals surface area contributed by atoms with E-state index in [1.165, 1.54) is 0 Å². The smallest absolute Gasteiger partial charge is 0.248 e. The first-order valence-corrected chi connectivity index (χ1v) is 5.21. The van der Waals surface area contributed by atoms with E-state index in [4.69, 9.17) is 9.47 Å². The van der Waals surface area contributed by atoms with Crippen molar-refractivity contribution in [3.8, 4) is 0 Å². The summed E-state index contributed by atoms with van der Waals surface area (Å²) in [6.45, 7) is 6.92. The number of morpholine rings is 1. The van der Waals surface area contributed by atoms with Crippen LogP contribution in [0.15, 0.2) is 0 Å². The van der Waals surface area contributed by atoms with Crippen molar-refractivity contribution in [1.29, 1.82) is 0 Å². The summed E-state index contributed by atoms with van der Waals surface area (Å²) < 4.78 is 10.5. The average Bonchev–Trinajstić information content (AvgIpc) is 2.26. The largest absolute Gasteiger partial charge is 0.378 e. The highest BCUT2D eigenvalue weighted by molar-refractivity contribution is 5.77. The summed E-state index contributed by atoms with van der Waals surface area (Å²) in [7, 11) is 0. The molecule has 1 fully saturated rings. The van der Waals surface area contributed by atoms with Crippen LogP contribution in [0.2, 0.25) is 0 Å². The van der Waals surface area contributed by atoms with Crippen LogP contribution in [0, 0.1) is 0 Å². The van der Waals surface area contributed by atoms with Gasteiger partial charge in [-0.15, -0.1) is 0 Å². The van der Waals surface area contributed by atoms with Crippen molar-refractivity contribution < 1.29 is 14.3 Å². The lowest BCUT2D eigenvalue weighted by atomic mass is 10.3. The zero-order valence-corrected chi connectivity index (χ0v) is 8.99. The second-order valence-electron chi connectivity index (χ2n) is 3.52. The minimum Gasteiger partial charge on any atom is -0.378 e. The van der Waals surface area contributed by atoms with E-state index >= 15 is 0 Å². The summed E-state index contributed by atoms with van der Waals surface area (Å²) in [5.74, 6) is 0.0774. The van der Waals surface area contributed by atoms with Gasteiger partial charge in [0.15, 0.2) is 0 Å². The van der Waals surface area contributed by atoms with Gasteiger partial charge in [0.1, 0.15) is 6.61 Å². The lowest BCUT2D eigenvalue weighted by Crippen LogP contribution is -2.42. The van der Waals surface area contributed by atoms with E-state index in [2.05, 4.69) is 0 Å². The molecule has 0 radical (unpaired) electrons. The van der Waals surface area contributed by atoms with Gasteiger partial charge in [0, 0.05) is 13.1 Å². The molecule has 0 aromatic carbocycles. The van der Waals surface area contributed by atoms with Gasteiger partial charge in [-0.25, -0.2) is 0 Å². The summed E-state index contributed by atoms with van der Waals surface area (Å²) in [6, 6.07) is 0. The topological polar surface area (TPSA) is 38.8 Å². The minimum absolute atomic E-state index is 0.0774. The second kappa shape index (κ2) is 5.98. The summed E-state index contributed by atoms with van der Waals surface area (Å²) in [4.78, 5) is 13.4. The molecule has 82 valence electrons. The highest BCUT2D eigenvalue weighted by atomic mass is 16.5. The van der Waals surface area contributed by atoms with Crippen LogP contribution in [0.1, 0.15) is 20.3 Å². The quantitative estimate of drug-likeness (QED) is 0.670. The van der Waals surface area contributed by atoms with Crippen molar-refractivity contribution in [3.05, 3.63) is 0 Å². The number of hydrogen-bond acceptors (Lipinski definition) is 3. The van der Waals surface area contributed by atoms with Gasteiger partial charge in [0.05, 0.1) is 19.3 Å². The van der Waals surface area contributed by atoms with Crippen molar-refractivity contribution in [2.45, 2.75) is 26.4 Å². The monoisotopic (exact) mass is 201 g/mol. The average molecular weight is 201 g/mol. The lowest BCUT2D eigenvalue weighted by molar-refractivity contribution is -0.141. The number of carbonyl (C=O) groups is 1. The molecule has 0 saturated carbocycles. The van der Waals surface area contributed by atoms with Crippen LogP contribution < -0.4 is 0 Å². The summed E-state index contributed by atoms with van der Waals surface area (Å²) in [6.07, 6.45) is 1.11. The maximum atomic E-state index is 11.6. The third-order valence-corrected chi connectivity index (χ3v) is 2.43. The van der Waals surface area contributed by atoms with Crippen molar-refractivity contribution in [2.24, 2.45) is 0 Å². The number of rotatable bonds is 4. The van der Waals surface area contributed by atoms with Crippen LogP contribution in [0.3, 0.4) is 0 Å². The Bertz CT molecular complexity index is 178. The lowest BCUT2D eigenvalue weighted by Gasteiger charge is -2.27. The van der Waals surface area contributed by atoms with Gasteiger partial charge in [0.25, 0.3) is 0 Å². The van der Waals surface area contributed by atoms with E-state index in [1.807, 2.05) is 13.8 Å². The van der Waals surface area contributed by atoms with Crippen LogP contribution in [-0.2, 0) is 14.3 Å². The number of carbonyl (C=O) groups excluding carboxylic acids is 1. The SMILES string of the molecule is CCC(C)OCC(=O)N1CCOCC1. The number of ether oxygens (including phenoxy) is 2. The van der Waals surface area contributed by atoms with E-state index in [9.17, 15) is 4.79 Å². The zero-order chi connectivity index (χ0) is 10.4. The van der Waals surface area contributed by atoms with Gasteiger partial charge in [-0.1, -0.05) is 6.92 Å². The van der Waals surface area contributed by atoms with E-state index < -0.39 is 0 Å². The van der Waals surface area contributed by atoms with Crippen LogP contribution in [0.4, 0.5) is 0 Å². The van der Waals surface area contributed by atoms with Gasteiger partial charge in [0.2, 0.25) is 5.91 Å². The second-order valence-corrected chi connectivity index (χ2v) is 3.52. The Balaban J connectivity index is 2.19. The number of nitrogens with zero attached hydrogens (tertiary/aromatic N) is 1. The fraction of sp³-hybridized carbons (Fsp3) is 0.900. The Labute approximate surface area is 85.2 Å². The maximum Gasteiger partial charge on any atom is 0.248 e. The van der Waals surface area contributed by atoms with Gasteiger partial charge >= 0.3 is 0 Å². The number of amides is 1. The predicted molar refractivity (Wildman–Crippen MR) is 53.1 cm³/mol. The molecule has 1 aliphatic heterocycles. The van der Waals surface area contributed by atoms with Crippen LogP contribution in [0.5, 0.6) is 0 Å². The van der Waals surface area contributed by atoms with Crippen LogP contribution >= 0.6 is 0 Å². The molecule has 1 amide bonds. The summed E-state index contributed by atoms with van der Waals surface area (Å²) >= 11 is 0. The van der Waals surface area contributed by atoms with E-state index in [0.29, 0.717) is 26.3 Å². The van der Waals surface area contributed by atoms with E-state index in [1.54, 1.807) is 4.90 Å². The fourth-order valence-electron chi connectivity index (χ4n) is 1.24. The van der Waals surface area contributed by atoms with Crippen molar-refractivity contribution in [3.63, 3.8) is 0 Å². The molecule has 0 aromatic heterocycles. The summed E-state index contributed by atoms with van der Waals surface area (Å²) in [5, 5.41) is 0. The highest BCUT2D eigenvalue weighted by Gasteiger charge is 2.17. The molecular weight excluding hydrogens is 182 g/mol. The first kappa shape index (κ1) is 11.5. The minimum atomic E-state index is 0.0774. The Kier molecular flexibility index (Phi) is 4.90. The molecule has 1 heterocycles. The van der Waals surface area contributed by atoms with Gasteiger partial charge < -0.3 is 14.4 Å². The first-order valence-electron chi connectivity index (χ1n) is 5.21. The Morgan fingerprint density at radius 3 is 2.71 bits per heavy atom. The van der Waals surface area contributed by atoms with Gasteiger partial charge in [-0.3, -0.25) is 4.79 Å². The van der Waals surface area contributed by atoms with Gasteiger partial charge in [-0.2, -0.15) is 0 Å². The maximum absolute atomic E-state index is 11.6. The Morgan fingerprint density at radius 2 is 2.14 bits per heavy atom. The van der Waals surface area contributed by atoms with Crippen LogP contribution in [0.25, 0.3) is 0 Å². The molecule has 0 aliphatic carbocycles. The van der Waals surface area contributed by atoms with Crippen LogP contribution in [-0.4, -0.2) is 49.8 Å². The Hall–Kier alpha value is -0.610. The molecule has 1 atom stereocenters. The molecule has 4 heteroatoms. The molecule has 0 bridgehead atoms. The molecule has 14 heavy (non-hydrogen) atoms. The molecule has 0 aromatic rings. The van der Waals surface area contributed by atoms with Crippen molar-refractivity contribution in [2.75, 3.05) is 32.9 Å². The molecule has 0 N–H and O–H groups in total.